The number of alkyl halides is 1. The van der Waals surface area contributed by atoms with E-state index in [4.69, 9.17) is 11.6 Å². The van der Waals surface area contributed by atoms with Crippen molar-refractivity contribution in [2.45, 2.75) is 5.38 Å². The molecule has 57 valence electrons. The first-order chi connectivity index (χ1) is 5.22. The van der Waals surface area contributed by atoms with Crippen molar-refractivity contribution in [3.8, 4) is 0 Å². The third-order valence-corrected chi connectivity index (χ3v) is 1.73. The molecule has 1 radical (unpaired) electrons. The van der Waals surface area contributed by atoms with Gasteiger partial charge in [-0.1, -0.05) is 30.3 Å². The van der Waals surface area contributed by atoms with Crippen molar-refractivity contribution in [1.82, 2.24) is 0 Å². The monoisotopic (exact) mass is 169 g/mol. The van der Waals surface area contributed by atoms with E-state index in [0.29, 0.717) is 5.56 Å². The number of hydrogen-bond donors (Lipinski definition) is 0. The van der Waals surface area contributed by atoms with Crippen LogP contribution in [0.2, 0.25) is 0 Å². The van der Waals surface area contributed by atoms with Crippen LogP contribution in [0.25, 0.3) is 0 Å². The van der Waals surface area contributed by atoms with Crippen LogP contribution in [-0.4, -0.2) is 5.97 Å². The molecule has 0 aliphatic rings. The second-order valence-electron chi connectivity index (χ2n) is 2.09. The molecule has 2 nitrogen and oxygen atoms in total. The summed E-state index contributed by atoms with van der Waals surface area (Å²) < 4.78 is 0. The molecule has 1 rings (SSSR count). The van der Waals surface area contributed by atoms with Crippen LogP contribution in [0, 0.1) is 0 Å². The zero-order chi connectivity index (χ0) is 8.27. The second kappa shape index (κ2) is 3.39. The van der Waals surface area contributed by atoms with E-state index in [9.17, 15) is 9.90 Å². The number of carbonyl (C=O) groups excluding carboxylic acids is 1. The van der Waals surface area contributed by atoms with Crippen LogP contribution in [0.1, 0.15) is 10.9 Å². The molecule has 0 saturated carbocycles. The summed E-state index contributed by atoms with van der Waals surface area (Å²) in [5.74, 6) is -1.27. The summed E-state index contributed by atoms with van der Waals surface area (Å²) in [6, 6.07) is 8.55. The molecule has 0 fully saturated rings. The van der Waals surface area contributed by atoms with Gasteiger partial charge in [-0.05, 0) is 5.56 Å². The number of rotatable bonds is 2. The molecule has 0 amide bonds. The van der Waals surface area contributed by atoms with Gasteiger partial charge in [-0.15, -0.1) is 11.6 Å². The minimum atomic E-state index is -1.27. The van der Waals surface area contributed by atoms with Crippen molar-refractivity contribution in [3.05, 3.63) is 35.9 Å². The van der Waals surface area contributed by atoms with E-state index in [2.05, 4.69) is 0 Å². The minimum absolute atomic E-state index is 0.550. The molecule has 0 spiro atoms. The zero-order valence-electron chi connectivity index (χ0n) is 5.66. The van der Waals surface area contributed by atoms with Gasteiger partial charge in [0.1, 0.15) is 0 Å². The Labute approximate surface area is 69.4 Å². The van der Waals surface area contributed by atoms with Gasteiger partial charge in [-0.25, -0.2) is 9.90 Å². The number of hydrogen-bond acceptors (Lipinski definition) is 1. The van der Waals surface area contributed by atoms with Crippen LogP contribution in [0.5, 0.6) is 0 Å². The Balaban J connectivity index is 2.85. The summed E-state index contributed by atoms with van der Waals surface area (Å²) in [5.41, 5.74) is 0.550. The van der Waals surface area contributed by atoms with E-state index in [1.807, 2.05) is 0 Å². The summed E-state index contributed by atoms with van der Waals surface area (Å²) >= 11 is 5.48. The molecule has 0 bridgehead atoms. The van der Waals surface area contributed by atoms with Crippen molar-refractivity contribution >= 4 is 17.6 Å². The molecular weight excluding hydrogens is 164 g/mol. The van der Waals surface area contributed by atoms with Crippen molar-refractivity contribution in [2.75, 3.05) is 0 Å². The van der Waals surface area contributed by atoms with Gasteiger partial charge in [0, 0.05) is 0 Å². The highest BCUT2D eigenvalue weighted by Crippen LogP contribution is 2.19. The van der Waals surface area contributed by atoms with Crippen LogP contribution in [0.3, 0.4) is 0 Å². The fourth-order valence-corrected chi connectivity index (χ4v) is 0.904. The molecule has 0 aromatic heterocycles. The first-order valence-electron chi connectivity index (χ1n) is 3.11. The Morgan fingerprint density at radius 2 is 1.82 bits per heavy atom. The smallest absolute Gasteiger partial charge is 0.245 e. The van der Waals surface area contributed by atoms with E-state index in [0.717, 1.165) is 0 Å². The Kier molecular flexibility index (Phi) is 2.49. The fraction of sp³-hybridized carbons (Fsp3) is 0.125. The molecule has 0 saturated heterocycles. The lowest BCUT2D eigenvalue weighted by molar-refractivity contribution is -0.142. The van der Waals surface area contributed by atoms with Gasteiger partial charge in [-0.3, -0.25) is 0 Å². The molecule has 3 heteroatoms. The predicted molar refractivity (Wildman–Crippen MR) is 40.7 cm³/mol. The Morgan fingerprint density at radius 3 is 2.27 bits per heavy atom. The molecule has 11 heavy (non-hydrogen) atoms. The van der Waals surface area contributed by atoms with E-state index >= 15 is 0 Å². The fourth-order valence-electron chi connectivity index (χ4n) is 0.758. The second-order valence-corrected chi connectivity index (χ2v) is 2.53. The highest BCUT2D eigenvalue weighted by Gasteiger charge is 2.16. The lowest BCUT2D eigenvalue weighted by atomic mass is 10.1. The van der Waals surface area contributed by atoms with E-state index in [1.54, 1.807) is 30.3 Å². The number of halogens is 1. The molecule has 1 unspecified atom stereocenters. The average molecular weight is 170 g/mol. The number of benzene rings is 1. The summed E-state index contributed by atoms with van der Waals surface area (Å²) in [4.78, 5) is 10.3. The van der Waals surface area contributed by atoms with Gasteiger partial charge in [0.25, 0.3) is 0 Å². The van der Waals surface area contributed by atoms with E-state index in [1.165, 1.54) is 0 Å². The Hall–Kier alpha value is -1.02. The summed E-state index contributed by atoms with van der Waals surface area (Å²) in [6.07, 6.45) is 0. The van der Waals surface area contributed by atoms with Crippen LogP contribution in [0.4, 0.5) is 0 Å². The normalized spacial score (nSPS) is 12.5. The average Bonchev–Trinajstić information content (AvgIpc) is 2.05. The number of carbonyl (C=O) groups is 1. The summed E-state index contributed by atoms with van der Waals surface area (Å²) in [7, 11) is 0. The predicted octanol–water partition coefficient (Wildman–Crippen LogP) is 1.92. The third kappa shape index (κ3) is 1.95. The van der Waals surface area contributed by atoms with Crippen molar-refractivity contribution in [2.24, 2.45) is 0 Å². The summed E-state index contributed by atoms with van der Waals surface area (Å²) in [5, 5.41) is 9.21. The largest absolute Gasteiger partial charge is 0.377 e. The molecule has 0 heterocycles. The van der Waals surface area contributed by atoms with Gasteiger partial charge < -0.3 is 0 Å². The lowest BCUT2D eigenvalue weighted by Gasteiger charge is -2.00. The third-order valence-electron chi connectivity index (χ3n) is 1.30. The molecule has 0 aliphatic carbocycles. The quantitative estimate of drug-likeness (QED) is 0.624. The van der Waals surface area contributed by atoms with Crippen molar-refractivity contribution in [1.29, 1.82) is 0 Å². The molecule has 1 aromatic rings. The highest BCUT2D eigenvalue weighted by atomic mass is 35.5. The maximum absolute atomic E-state index is 10.3. The zero-order valence-corrected chi connectivity index (χ0v) is 6.41. The molecule has 0 aliphatic heterocycles. The Bertz CT molecular complexity index is 246. The molecular formula is C8H6ClO2. The first-order valence-corrected chi connectivity index (χ1v) is 3.55. The van der Waals surface area contributed by atoms with Gasteiger partial charge in [-0.2, -0.15) is 0 Å². The van der Waals surface area contributed by atoms with Gasteiger partial charge in [0.2, 0.25) is 0 Å². The van der Waals surface area contributed by atoms with Crippen LogP contribution in [0.15, 0.2) is 30.3 Å². The maximum Gasteiger partial charge on any atom is 0.377 e. The maximum atomic E-state index is 10.3. The topological polar surface area (TPSA) is 37.0 Å². The van der Waals surface area contributed by atoms with Gasteiger partial charge in [0.15, 0.2) is 5.38 Å². The SMILES string of the molecule is [O]C(=O)C(Cl)c1ccccc1. The standard InChI is InChI=1S/C8H6ClO2/c9-7(8(10)11)6-4-2-1-3-5-6/h1-5,7H. The molecule has 1 atom stereocenters. The minimum Gasteiger partial charge on any atom is -0.245 e. The van der Waals surface area contributed by atoms with Gasteiger partial charge >= 0.3 is 5.97 Å². The lowest BCUT2D eigenvalue weighted by Crippen LogP contribution is -2.02. The summed E-state index contributed by atoms with van der Waals surface area (Å²) in [6.45, 7) is 0. The van der Waals surface area contributed by atoms with Crippen LogP contribution >= 0.6 is 11.6 Å². The molecule has 1 aromatic carbocycles. The van der Waals surface area contributed by atoms with Crippen molar-refractivity contribution < 1.29 is 9.90 Å². The first kappa shape index (κ1) is 8.08. The molecule has 0 N–H and O–H groups in total. The van der Waals surface area contributed by atoms with Crippen molar-refractivity contribution in [3.63, 3.8) is 0 Å². The van der Waals surface area contributed by atoms with Crippen LogP contribution in [-0.2, 0) is 9.90 Å². The highest BCUT2D eigenvalue weighted by molar-refractivity contribution is 6.29. The van der Waals surface area contributed by atoms with E-state index < -0.39 is 11.3 Å². The van der Waals surface area contributed by atoms with Gasteiger partial charge in [0.05, 0.1) is 0 Å². The van der Waals surface area contributed by atoms with Crippen LogP contribution < -0.4 is 0 Å². The van der Waals surface area contributed by atoms with E-state index in [-0.39, 0.29) is 0 Å². The Morgan fingerprint density at radius 1 is 1.27 bits per heavy atom.